The number of carbonyl (C=O) groups is 2. The fourth-order valence-electron chi connectivity index (χ4n) is 2.85. The summed E-state index contributed by atoms with van der Waals surface area (Å²) in [6.45, 7) is 4.00. The van der Waals surface area contributed by atoms with Gasteiger partial charge >= 0.3 is 12.0 Å². The van der Waals surface area contributed by atoms with E-state index in [9.17, 15) is 9.59 Å². The van der Waals surface area contributed by atoms with Gasteiger partial charge in [0.2, 0.25) is 5.91 Å². The first-order valence-electron chi connectivity index (χ1n) is 7.63. The summed E-state index contributed by atoms with van der Waals surface area (Å²) in [6.07, 6.45) is 2.56. The first-order valence-corrected chi connectivity index (χ1v) is 7.63. The predicted molar refractivity (Wildman–Crippen MR) is 84.5 cm³/mol. The van der Waals surface area contributed by atoms with Gasteiger partial charge < -0.3 is 14.8 Å². The quantitative estimate of drug-likeness (QED) is 0.782. The highest BCUT2D eigenvalue weighted by Crippen LogP contribution is 2.33. The molecule has 1 aromatic heterocycles. The molecule has 1 heterocycles. The van der Waals surface area contributed by atoms with E-state index in [1.165, 1.54) is 18.2 Å². The molecule has 1 aromatic carbocycles. The molecule has 0 saturated heterocycles. The van der Waals surface area contributed by atoms with Crippen LogP contribution in [0.25, 0.3) is 11.1 Å². The standard InChI is InChI=1S/C16H19N3O4/c1-9(2)19-16(6-3-7-16)14(22)18-15-17-11-8-10(13(20)21)4-5-12(11)23-15/h4-5,8-9,19H,3,6-7H2,1-2H3,(H,20,21)(H,17,18,22). The molecular weight excluding hydrogens is 298 g/mol. The van der Waals surface area contributed by atoms with Gasteiger partial charge in [-0.3, -0.25) is 10.1 Å². The maximum atomic E-state index is 12.5. The third-order valence-corrected chi connectivity index (χ3v) is 4.06. The molecule has 0 bridgehead atoms. The molecule has 122 valence electrons. The van der Waals surface area contributed by atoms with Gasteiger partial charge in [-0.1, -0.05) is 0 Å². The molecule has 3 N–H and O–H groups in total. The smallest absolute Gasteiger partial charge is 0.335 e. The van der Waals surface area contributed by atoms with Crippen molar-refractivity contribution in [1.29, 1.82) is 0 Å². The van der Waals surface area contributed by atoms with E-state index in [4.69, 9.17) is 9.52 Å². The Morgan fingerprint density at radius 2 is 2.09 bits per heavy atom. The Labute approximate surface area is 133 Å². The molecule has 2 aromatic rings. The zero-order chi connectivity index (χ0) is 16.6. The molecule has 7 heteroatoms. The Bertz CT molecular complexity index is 762. The number of carboxylic acid groups (broad SMARTS) is 1. The molecule has 1 amide bonds. The number of fused-ring (bicyclic) bond motifs is 1. The van der Waals surface area contributed by atoms with Gasteiger partial charge in [0.05, 0.1) is 11.1 Å². The van der Waals surface area contributed by atoms with Crippen molar-refractivity contribution >= 4 is 29.0 Å². The summed E-state index contributed by atoms with van der Waals surface area (Å²) in [5.74, 6) is -1.20. The number of nitrogens with zero attached hydrogens (tertiary/aromatic N) is 1. The number of hydrogen-bond donors (Lipinski definition) is 3. The number of carbonyl (C=O) groups excluding carboxylic acids is 1. The lowest BCUT2D eigenvalue weighted by molar-refractivity contribution is -0.126. The highest BCUT2D eigenvalue weighted by atomic mass is 16.4. The summed E-state index contributed by atoms with van der Waals surface area (Å²) in [6, 6.07) is 4.68. The van der Waals surface area contributed by atoms with E-state index in [0.29, 0.717) is 11.1 Å². The van der Waals surface area contributed by atoms with E-state index in [1.807, 2.05) is 13.8 Å². The number of amides is 1. The van der Waals surface area contributed by atoms with Crippen LogP contribution < -0.4 is 10.6 Å². The van der Waals surface area contributed by atoms with E-state index >= 15 is 0 Å². The fraction of sp³-hybridized carbons (Fsp3) is 0.438. The zero-order valence-corrected chi connectivity index (χ0v) is 13.0. The summed E-state index contributed by atoms with van der Waals surface area (Å²) in [5.41, 5.74) is 0.395. The van der Waals surface area contributed by atoms with Gasteiger partial charge in [-0.25, -0.2) is 4.79 Å². The van der Waals surface area contributed by atoms with Crippen molar-refractivity contribution in [2.24, 2.45) is 0 Å². The number of nitrogens with one attached hydrogen (secondary N) is 2. The molecule has 0 atom stereocenters. The van der Waals surface area contributed by atoms with Gasteiger partial charge in [0.1, 0.15) is 5.52 Å². The molecule has 7 nitrogen and oxygen atoms in total. The third-order valence-electron chi connectivity index (χ3n) is 4.06. The normalized spacial score (nSPS) is 16.3. The van der Waals surface area contributed by atoms with Crippen molar-refractivity contribution < 1.29 is 19.1 Å². The molecule has 1 saturated carbocycles. The van der Waals surface area contributed by atoms with E-state index in [1.54, 1.807) is 0 Å². The summed E-state index contributed by atoms with van der Waals surface area (Å²) in [4.78, 5) is 27.7. The van der Waals surface area contributed by atoms with Gasteiger partial charge in [0.25, 0.3) is 0 Å². The maximum absolute atomic E-state index is 12.5. The van der Waals surface area contributed by atoms with E-state index in [0.717, 1.165) is 19.3 Å². The van der Waals surface area contributed by atoms with Crippen molar-refractivity contribution in [3.05, 3.63) is 23.8 Å². The number of benzene rings is 1. The molecule has 0 unspecified atom stereocenters. The van der Waals surface area contributed by atoms with Crippen molar-refractivity contribution in [3.63, 3.8) is 0 Å². The van der Waals surface area contributed by atoms with Crippen molar-refractivity contribution in [1.82, 2.24) is 10.3 Å². The van der Waals surface area contributed by atoms with E-state index < -0.39 is 11.5 Å². The molecular formula is C16H19N3O4. The first kappa shape index (κ1) is 15.5. The minimum Gasteiger partial charge on any atom is -0.478 e. The highest BCUT2D eigenvalue weighted by Gasteiger charge is 2.44. The lowest BCUT2D eigenvalue weighted by Crippen LogP contribution is -2.61. The van der Waals surface area contributed by atoms with Gasteiger partial charge in [-0.15, -0.1) is 0 Å². The zero-order valence-electron chi connectivity index (χ0n) is 13.0. The molecule has 1 aliphatic carbocycles. The SMILES string of the molecule is CC(C)NC1(C(=O)Nc2nc3cc(C(=O)O)ccc3o2)CCC1. The van der Waals surface area contributed by atoms with Crippen LogP contribution in [0.4, 0.5) is 6.01 Å². The number of oxazole rings is 1. The molecule has 3 rings (SSSR count). The van der Waals surface area contributed by atoms with Crippen LogP contribution >= 0.6 is 0 Å². The largest absolute Gasteiger partial charge is 0.478 e. The topological polar surface area (TPSA) is 104 Å². The first-order chi connectivity index (χ1) is 10.9. The minimum absolute atomic E-state index is 0.0874. The van der Waals surface area contributed by atoms with Crippen LogP contribution in [0, 0.1) is 0 Å². The Hall–Kier alpha value is -2.41. The van der Waals surface area contributed by atoms with Gasteiger partial charge in [-0.2, -0.15) is 4.98 Å². The van der Waals surface area contributed by atoms with Crippen LogP contribution in [0.2, 0.25) is 0 Å². The molecule has 23 heavy (non-hydrogen) atoms. The third kappa shape index (κ3) is 2.92. The van der Waals surface area contributed by atoms with Crippen molar-refractivity contribution in [3.8, 4) is 0 Å². The summed E-state index contributed by atoms with van der Waals surface area (Å²) in [7, 11) is 0. The number of carboxylic acids is 1. The monoisotopic (exact) mass is 317 g/mol. The van der Waals surface area contributed by atoms with Crippen molar-refractivity contribution in [2.45, 2.75) is 44.7 Å². The van der Waals surface area contributed by atoms with Crippen LogP contribution in [-0.4, -0.2) is 33.5 Å². The second kappa shape index (κ2) is 5.66. The van der Waals surface area contributed by atoms with Crippen LogP contribution in [0.5, 0.6) is 0 Å². The molecule has 0 spiro atoms. The highest BCUT2D eigenvalue weighted by molar-refractivity contribution is 5.98. The molecule has 0 aliphatic heterocycles. The minimum atomic E-state index is -1.03. The second-order valence-electron chi connectivity index (χ2n) is 6.20. The number of rotatable bonds is 5. The fourth-order valence-corrected chi connectivity index (χ4v) is 2.85. The van der Waals surface area contributed by atoms with Crippen LogP contribution in [0.1, 0.15) is 43.5 Å². The van der Waals surface area contributed by atoms with Gasteiger partial charge in [-0.05, 0) is 51.3 Å². The molecule has 1 fully saturated rings. The number of aromatic carboxylic acids is 1. The number of hydrogen-bond acceptors (Lipinski definition) is 5. The van der Waals surface area contributed by atoms with Crippen LogP contribution in [0.3, 0.4) is 0 Å². The van der Waals surface area contributed by atoms with Gasteiger partial charge in [0, 0.05) is 6.04 Å². The molecule has 0 radical (unpaired) electrons. The predicted octanol–water partition coefficient (Wildman–Crippen LogP) is 2.39. The Kier molecular flexibility index (Phi) is 3.81. The van der Waals surface area contributed by atoms with Gasteiger partial charge in [0.15, 0.2) is 5.58 Å². The number of aromatic nitrogens is 1. The van der Waals surface area contributed by atoms with E-state index in [-0.39, 0.29) is 23.5 Å². The second-order valence-corrected chi connectivity index (χ2v) is 6.20. The Morgan fingerprint density at radius 3 is 2.65 bits per heavy atom. The summed E-state index contributed by atoms with van der Waals surface area (Å²) >= 11 is 0. The number of anilines is 1. The average Bonchev–Trinajstić information content (AvgIpc) is 2.83. The lowest BCUT2D eigenvalue weighted by atomic mass is 9.75. The maximum Gasteiger partial charge on any atom is 0.335 e. The lowest BCUT2D eigenvalue weighted by Gasteiger charge is -2.42. The van der Waals surface area contributed by atoms with Crippen LogP contribution in [-0.2, 0) is 4.79 Å². The van der Waals surface area contributed by atoms with Crippen LogP contribution in [0.15, 0.2) is 22.6 Å². The van der Waals surface area contributed by atoms with Crippen molar-refractivity contribution in [2.75, 3.05) is 5.32 Å². The average molecular weight is 317 g/mol. The summed E-state index contributed by atoms with van der Waals surface area (Å²) in [5, 5.41) is 15.0. The Morgan fingerprint density at radius 1 is 1.35 bits per heavy atom. The molecule has 1 aliphatic rings. The summed E-state index contributed by atoms with van der Waals surface area (Å²) < 4.78 is 5.48. The van der Waals surface area contributed by atoms with E-state index in [2.05, 4.69) is 15.6 Å². The Balaban J connectivity index is 1.81.